The van der Waals surface area contributed by atoms with Crippen molar-refractivity contribution in [2.45, 2.75) is 19.1 Å². The number of hydrogen-bond donors (Lipinski definition) is 0. The van der Waals surface area contributed by atoms with Crippen LogP contribution in [0.4, 0.5) is 0 Å². The molecule has 1 aromatic heterocycles. The quantitative estimate of drug-likeness (QED) is 0.716. The summed E-state index contributed by atoms with van der Waals surface area (Å²) in [5.41, 5.74) is 4.93. The summed E-state index contributed by atoms with van der Waals surface area (Å²) < 4.78 is 7.60. The van der Waals surface area contributed by atoms with E-state index in [-0.39, 0.29) is 12.0 Å². The van der Waals surface area contributed by atoms with Crippen molar-refractivity contribution in [3.05, 3.63) is 77.5 Å². The molecular formula is C22H23N3O2. The first-order valence-electron chi connectivity index (χ1n) is 9.15. The first-order chi connectivity index (χ1) is 13.1. The smallest absolute Gasteiger partial charge is 0.271 e. The largest absolute Gasteiger partial charge is 0.371 e. The van der Waals surface area contributed by atoms with Gasteiger partial charge in [-0.1, -0.05) is 54.6 Å². The minimum atomic E-state index is -0.0466. The molecule has 3 aromatic rings. The number of rotatable bonds is 4. The summed E-state index contributed by atoms with van der Waals surface area (Å²) in [4.78, 5) is 14.7. The van der Waals surface area contributed by atoms with Crippen LogP contribution in [0.25, 0.3) is 11.3 Å². The summed E-state index contributed by atoms with van der Waals surface area (Å²) in [5, 5.41) is 4.50. The van der Waals surface area contributed by atoms with Gasteiger partial charge in [-0.3, -0.25) is 9.48 Å². The summed E-state index contributed by atoms with van der Waals surface area (Å²) in [6, 6.07) is 20.1. The minimum Gasteiger partial charge on any atom is -0.371 e. The van der Waals surface area contributed by atoms with Crippen LogP contribution in [0.5, 0.6) is 0 Å². The molecule has 1 amide bonds. The average Bonchev–Trinajstić information content (AvgIpc) is 3.09. The van der Waals surface area contributed by atoms with Crippen molar-refractivity contribution in [1.29, 1.82) is 0 Å². The third kappa shape index (κ3) is 3.64. The van der Waals surface area contributed by atoms with Gasteiger partial charge in [0.05, 0.1) is 18.4 Å². The zero-order valence-corrected chi connectivity index (χ0v) is 15.6. The maximum Gasteiger partial charge on any atom is 0.271 e. The van der Waals surface area contributed by atoms with Crippen molar-refractivity contribution < 1.29 is 9.53 Å². The molecule has 1 atom stereocenters. The SMILES string of the molecule is CN(CC1Cc2ccccc2CO1)C(=O)c1cc(-c2ccccc2)nn1C. The number of amides is 1. The Morgan fingerprint density at radius 1 is 1.15 bits per heavy atom. The van der Waals surface area contributed by atoms with E-state index in [9.17, 15) is 4.79 Å². The predicted molar refractivity (Wildman–Crippen MR) is 104 cm³/mol. The van der Waals surface area contributed by atoms with E-state index in [4.69, 9.17) is 4.74 Å². The Labute approximate surface area is 159 Å². The van der Waals surface area contributed by atoms with Crippen LogP contribution in [0.15, 0.2) is 60.7 Å². The van der Waals surface area contributed by atoms with Gasteiger partial charge in [-0.05, 0) is 17.2 Å². The van der Waals surface area contributed by atoms with Gasteiger partial charge in [-0.25, -0.2) is 0 Å². The molecule has 1 aliphatic rings. The molecule has 1 aliphatic heterocycles. The van der Waals surface area contributed by atoms with Gasteiger partial charge in [0.25, 0.3) is 5.91 Å². The summed E-state index contributed by atoms with van der Waals surface area (Å²) >= 11 is 0. The number of hydrogen-bond acceptors (Lipinski definition) is 3. The highest BCUT2D eigenvalue weighted by atomic mass is 16.5. The predicted octanol–water partition coefficient (Wildman–Crippen LogP) is 3.30. The highest BCUT2D eigenvalue weighted by molar-refractivity contribution is 5.93. The van der Waals surface area contributed by atoms with E-state index in [1.807, 2.05) is 49.5 Å². The van der Waals surface area contributed by atoms with Crippen LogP contribution in [0.3, 0.4) is 0 Å². The Balaban J connectivity index is 1.46. The lowest BCUT2D eigenvalue weighted by Gasteiger charge is -2.29. The number of nitrogens with zero attached hydrogens (tertiary/aromatic N) is 3. The number of benzene rings is 2. The molecule has 5 nitrogen and oxygen atoms in total. The fourth-order valence-electron chi connectivity index (χ4n) is 3.53. The standard InChI is InChI=1S/C22H23N3O2/c1-24(14-19-12-17-10-6-7-11-18(17)15-27-19)22(26)21-13-20(23-25(21)2)16-8-4-3-5-9-16/h3-11,13,19H,12,14-15H2,1-2H3. The van der Waals surface area contributed by atoms with Crippen molar-refractivity contribution in [2.24, 2.45) is 7.05 Å². The second-order valence-electron chi connectivity index (χ2n) is 7.00. The monoisotopic (exact) mass is 361 g/mol. The first-order valence-corrected chi connectivity index (χ1v) is 9.15. The van der Waals surface area contributed by atoms with Crippen molar-refractivity contribution in [1.82, 2.24) is 14.7 Å². The van der Waals surface area contributed by atoms with Crippen LogP contribution in [-0.2, 0) is 24.8 Å². The normalized spacial score (nSPS) is 16.0. The molecule has 138 valence electrons. The Kier molecular flexibility index (Phi) is 4.77. The molecule has 0 bridgehead atoms. The molecule has 0 radical (unpaired) electrons. The van der Waals surface area contributed by atoms with Gasteiger partial charge in [-0.2, -0.15) is 5.10 Å². The molecule has 0 saturated carbocycles. The molecule has 1 unspecified atom stereocenters. The van der Waals surface area contributed by atoms with Gasteiger partial charge in [0.2, 0.25) is 0 Å². The number of ether oxygens (including phenoxy) is 1. The van der Waals surface area contributed by atoms with E-state index in [0.717, 1.165) is 17.7 Å². The number of likely N-dealkylation sites (N-methyl/N-ethyl adjacent to an activating group) is 1. The van der Waals surface area contributed by atoms with Crippen LogP contribution in [0, 0.1) is 0 Å². The van der Waals surface area contributed by atoms with Crippen molar-refractivity contribution in [3.8, 4) is 11.3 Å². The van der Waals surface area contributed by atoms with Crippen molar-refractivity contribution in [2.75, 3.05) is 13.6 Å². The molecule has 0 aliphatic carbocycles. The fraction of sp³-hybridized carbons (Fsp3) is 0.273. The van der Waals surface area contributed by atoms with Crippen LogP contribution in [-0.4, -0.2) is 40.3 Å². The van der Waals surface area contributed by atoms with Gasteiger partial charge in [0.15, 0.2) is 0 Å². The number of carbonyl (C=O) groups is 1. The lowest BCUT2D eigenvalue weighted by atomic mass is 9.99. The van der Waals surface area contributed by atoms with Crippen LogP contribution < -0.4 is 0 Å². The van der Waals surface area contributed by atoms with E-state index < -0.39 is 0 Å². The Morgan fingerprint density at radius 3 is 2.63 bits per heavy atom. The van der Waals surface area contributed by atoms with Gasteiger partial charge < -0.3 is 9.64 Å². The summed E-state index contributed by atoms with van der Waals surface area (Å²) in [6.07, 6.45) is 0.838. The van der Waals surface area contributed by atoms with E-state index in [1.54, 1.807) is 16.6 Å². The molecule has 0 N–H and O–H groups in total. The van der Waals surface area contributed by atoms with E-state index in [2.05, 4.69) is 23.3 Å². The molecule has 0 saturated heterocycles. The molecular weight excluding hydrogens is 338 g/mol. The van der Waals surface area contributed by atoms with Gasteiger partial charge in [0, 0.05) is 32.6 Å². The zero-order valence-electron chi connectivity index (χ0n) is 15.6. The minimum absolute atomic E-state index is 0.00988. The second kappa shape index (κ2) is 7.37. The highest BCUT2D eigenvalue weighted by Crippen LogP contribution is 2.22. The van der Waals surface area contributed by atoms with Gasteiger partial charge in [-0.15, -0.1) is 0 Å². The Hall–Kier alpha value is -2.92. The highest BCUT2D eigenvalue weighted by Gasteiger charge is 2.24. The molecule has 27 heavy (non-hydrogen) atoms. The lowest BCUT2D eigenvalue weighted by molar-refractivity contribution is 0.00961. The van der Waals surface area contributed by atoms with Crippen LogP contribution in [0.1, 0.15) is 21.6 Å². The summed E-state index contributed by atoms with van der Waals surface area (Å²) in [5.74, 6) is -0.0466. The number of fused-ring (bicyclic) bond motifs is 1. The van der Waals surface area contributed by atoms with Crippen molar-refractivity contribution in [3.63, 3.8) is 0 Å². The van der Waals surface area contributed by atoms with E-state index in [1.165, 1.54) is 11.1 Å². The van der Waals surface area contributed by atoms with Crippen LogP contribution >= 0.6 is 0 Å². The lowest BCUT2D eigenvalue weighted by Crippen LogP contribution is -2.38. The molecule has 2 heterocycles. The van der Waals surface area contributed by atoms with Crippen LogP contribution in [0.2, 0.25) is 0 Å². The molecule has 0 fully saturated rings. The maximum absolute atomic E-state index is 12.9. The zero-order chi connectivity index (χ0) is 18.8. The third-order valence-corrected chi connectivity index (χ3v) is 5.03. The van der Waals surface area contributed by atoms with Gasteiger partial charge >= 0.3 is 0 Å². The number of carbonyl (C=O) groups excluding carboxylic acids is 1. The van der Waals surface area contributed by atoms with E-state index >= 15 is 0 Å². The maximum atomic E-state index is 12.9. The fourth-order valence-corrected chi connectivity index (χ4v) is 3.53. The summed E-state index contributed by atoms with van der Waals surface area (Å²) in [7, 11) is 3.63. The average molecular weight is 361 g/mol. The molecule has 0 spiro atoms. The second-order valence-corrected chi connectivity index (χ2v) is 7.00. The Bertz CT molecular complexity index is 949. The topological polar surface area (TPSA) is 47.4 Å². The molecule has 4 rings (SSSR count). The molecule has 5 heteroatoms. The number of aryl methyl sites for hydroxylation is 1. The summed E-state index contributed by atoms with van der Waals surface area (Å²) in [6.45, 7) is 1.16. The van der Waals surface area contributed by atoms with E-state index in [0.29, 0.717) is 18.8 Å². The van der Waals surface area contributed by atoms with Crippen molar-refractivity contribution >= 4 is 5.91 Å². The number of aromatic nitrogens is 2. The Morgan fingerprint density at radius 2 is 1.85 bits per heavy atom. The third-order valence-electron chi connectivity index (χ3n) is 5.03. The first kappa shape index (κ1) is 17.5. The molecule has 2 aromatic carbocycles. The van der Waals surface area contributed by atoms with Gasteiger partial charge in [0.1, 0.15) is 5.69 Å².